The van der Waals surface area contributed by atoms with Gasteiger partial charge >= 0.3 is 0 Å². The molecule has 5 heteroatoms. The summed E-state index contributed by atoms with van der Waals surface area (Å²) in [6.07, 6.45) is 1.77. The third-order valence-electron chi connectivity index (χ3n) is 3.29. The van der Waals surface area contributed by atoms with E-state index in [1.54, 1.807) is 13.3 Å². The summed E-state index contributed by atoms with van der Waals surface area (Å²) >= 11 is 0. The molecule has 0 atom stereocenters. The van der Waals surface area contributed by atoms with E-state index in [-0.39, 0.29) is 11.2 Å². The second kappa shape index (κ2) is 3.97. The van der Waals surface area contributed by atoms with Crippen LogP contribution in [0, 0.1) is 5.41 Å². The molecule has 0 radical (unpaired) electrons. The summed E-state index contributed by atoms with van der Waals surface area (Å²) < 4.78 is 2.07. The Balaban J connectivity index is 2.02. The Kier molecular flexibility index (Phi) is 2.80. The number of fused-ring (bicyclic) bond motifs is 1. The fraction of sp³-hybridized carbons (Fsp3) is 0.727. The maximum Gasteiger partial charge on any atom is 0.147 e. The van der Waals surface area contributed by atoms with E-state index in [0.29, 0.717) is 0 Å². The van der Waals surface area contributed by atoms with Gasteiger partial charge in [-0.2, -0.15) is 0 Å². The first-order valence-electron chi connectivity index (χ1n) is 5.59. The monoisotopic (exact) mass is 222 g/mol. The van der Waals surface area contributed by atoms with Crippen molar-refractivity contribution >= 4 is 5.78 Å². The van der Waals surface area contributed by atoms with Crippen molar-refractivity contribution in [3.05, 3.63) is 12.2 Å². The van der Waals surface area contributed by atoms with Crippen LogP contribution >= 0.6 is 0 Å². The number of aromatic nitrogens is 3. The van der Waals surface area contributed by atoms with Gasteiger partial charge in [-0.3, -0.25) is 9.69 Å². The van der Waals surface area contributed by atoms with Crippen molar-refractivity contribution in [2.24, 2.45) is 5.41 Å². The predicted molar refractivity (Wildman–Crippen MR) is 59.8 cm³/mol. The largest absolute Gasteiger partial charge is 0.315 e. The van der Waals surface area contributed by atoms with Crippen LogP contribution in [-0.2, 0) is 17.9 Å². The predicted octanol–water partition coefficient (Wildman–Crippen LogP) is 0.709. The van der Waals surface area contributed by atoms with Gasteiger partial charge in [-0.15, -0.1) is 10.2 Å². The molecule has 0 spiro atoms. The maximum atomic E-state index is 11.5. The number of Topliss-reactive ketones (excluding diaryl/α,β-unsaturated/α-hetero) is 1. The molecule has 2 rings (SSSR count). The normalized spacial score (nSPS) is 17.2. The van der Waals surface area contributed by atoms with E-state index in [2.05, 4.69) is 19.7 Å². The molecule has 0 amide bonds. The molecule has 1 aromatic heterocycles. The lowest BCUT2D eigenvalue weighted by Crippen LogP contribution is -2.42. The highest BCUT2D eigenvalue weighted by molar-refractivity contribution is 5.81. The quantitative estimate of drug-likeness (QED) is 0.755. The molecule has 0 aliphatic carbocycles. The van der Waals surface area contributed by atoms with Crippen LogP contribution < -0.4 is 0 Å². The van der Waals surface area contributed by atoms with Gasteiger partial charge in [0.2, 0.25) is 0 Å². The SMILES string of the molecule is CC(=O)C(C)(C)CN1CCn2cnnc2C1. The van der Waals surface area contributed by atoms with Crippen molar-refractivity contribution in [3.8, 4) is 0 Å². The van der Waals surface area contributed by atoms with Crippen LogP contribution in [0.5, 0.6) is 0 Å². The van der Waals surface area contributed by atoms with Crippen molar-refractivity contribution in [2.45, 2.75) is 33.9 Å². The minimum absolute atomic E-state index is 0.236. The molecule has 1 aromatic rings. The second-order valence-corrected chi connectivity index (χ2v) is 5.09. The van der Waals surface area contributed by atoms with Gasteiger partial charge in [0.1, 0.15) is 17.9 Å². The summed E-state index contributed by atoms with van der Waals surface area (Å²) in [5.74, 6) is 1.23. The third kappa shape index (κ3) is 2.14. The lowest BCUT2D eigenvalue weighted by molar-refractivity contribution is -0.126. The van der Waals surface area contributed by atoms with E-state index in [9.17, 15) is 4.79 Å². The summed E-state index contributed by atoms with van der Waals surface area (Å²) in [5.41, 5.74) is -0.276. The molecule has 0 unspecified atom stereocenters. The Morgan fingerprint density at radius 2 is 2.25 bits per heavy atom. The number of rotatable bonds is 3. The Labute approximate surface area is 95.5 Å². The van der Waals surface area contributed by atoms with E-state index in [1.165, 1.54) is 0 Å². The van der Waals surface area contributed by atoms with Crippen LogP contribution in [0.15, 0.2) is 6.33 Å². The van der Waals surface area contributed by atoms with Gasteiger partial charge in [-0.1, -0.05) is 13.8 Å². The number of carbonyl (C=O) groups excluding carboxylic acids is 1. The number of hydrogen-bond donors (Lipinski definition) is 0. The van der Waals surface area contributed by atoms with E-state index >= 15 is 0 Å². The van der Waals surface area contributed by atoms with Crippen molar-refractivity contribution in [2.75, 3.05) is 13.1 Å². The van der Waals surface area contributed by atoms with Gasteiger partial charge in [0, 0.05) is 25.0 Å². The molecule has 5 nitrogen and oxygen atoms in total. The summed E-state index contributed by atoms with van der Waals surface area (Å²) in [6, 6.07) is 0. The molecule has 2 heterocycles. The lowest BCUT2D eigenvalue weighted by atomic mass is 9.88. The molecular weight excluding hydrogens is 204 g/mol. The number of ketones is 1. The van der Waals surface area contributed by atoms with Crippen molar-refractivity contribution in [3.63, 3.8) is 0 Å². The summed E-state index contributed by atoms with van der Waals surface area (Å²) in [6.45, 7) is 9.10. The number of hydrogen-bond acceptors (Lipinski definition) is 4. The number of carbonyl (C=O) groups is 1. The Hall–Kier alpha value is -1.23. The Morgan fingerprint density at radius 3 is 2.94 bits per heavy atom. The molecule has 0 saturated heterocycles. The maximum absolute atomic E-state index is 11.5. The molecule has 0 bridgehead atoms. The van der Waals surface area contributed by atoms with Crippen LogP contribution in [0.3, 0.4) is 0 Å². The van der Waals surface area contributed by atoms with Crippen molar-refractivity contribution in [1.82, 2.24) is 19.7 Å². The molecule has 1 aliphatic rings. The third-order valence-corrected chi connectivity index (χ3v) is 3.29. The van der Waals surface area contributed by atoms with Crippen molar-refractivity contribution in [1.29, 1.82) is 0 Å². The summed E-state index contributed by atoms with van der Waals surface area (Å²) in [4.78, 5) is 13.7. The topological polar surface area (TPSA) is 51.0 Å². The van der Waals surface area contributed by atoms with E-state index in [0.717, 1.165) is 32.0 Å². The standard InChI is InChI=1S/C11H18N4O/c1-9(16)11(2,3)7-14-4-5-15-8-12-13-10(15)6-14/h8H,4-7H2,1-3H3. The minimum atomic E-state index is -0.276. The van der Waals surface area contributed by atoms with E-state index < -0.39 is 0 Å². The first-order chi connectivity index (χ1) is 7.49. The molecular formula is C11H18N4O. The van der Waals surface area contributed by atoms with Gasteiger partial charge in [-0.05, 0) is 6.92 Å². The van der Waals surface area contributed by atoms with Crippen LogP contribution in [0.1, 0.15) is 26.6 Å². The van der Waals surface area contributed by atoms with Crippen LogP contribution in [0.4, 0.5) is 0 Å². The fourth-order valence-corrected chi connectivity index (χ4v) is 1.92. The van der Waals surface area contributed by atoms with Crippen LogP contribution in [0.2, 0.25) is 0 Å². The zero-order chi connectivity index (χ0) is 11.8. The molecule has 0 fully saturated rings. The van der Waals surface area contributed by atoms with Crippen molar-refractivity contribution < 1.29 is 4.79 Å². The van der Waals surface area contributed by atoms with Crippen LogP contribution in [0.25, 0.3) is 0 Å². The first-order valence-corrected chi connectivity index (χ1v) is 5.59. The van der Waals surface area contributed by atoms with Crippen LogP contribution in [-0.4, -0.2) is 38.5 Å². The second-order valence-electron chi connectivity index (χ2n) is 5.09. The Bertz CT molecular complexity index is 396. The highest BCUT2D eigenvalue weighted by Gasteiger charge is 2.28. The molecule has 0 N–H and O–H groups in total. The van der Waals surface area contributed by atoms with E-state index in [1.807, 2.05) is 13.8 Å². The minimum Gasteiger partial charge on any atom is -0.315 e. The average molecular weight is 222 g/mol. The highest BCUT2D eigenvalue weighted by Crippen LogP contribution is 2.20. The van der Waals surface area contributed by atoms with Gasteiger partial charge in [0.15, 0.2) is 0 Å². The molecule has 1 aliphatic heterocycles. The zero-order valence-corrected chi connectivity index (χ0v) is 10.1. The molecule has 16 heavy (non-hydrogen) atoms. The summed E-state index contributed by atoms with van der Waals surface area (Å²) in [7, 11) is 0. The van der Waals surface area contributed by atoms with E-state index in [4.69, 9.17) is 0 Å². The fourth-order valence-electron chi connectivity index (χ4n) is 1.92. The number of nitrogens with zero attached hydrogens (tertiary/aromatic N) is 4. The van der Waals surface area contributed by atoms with Gasteiger partial charge in [-0.25, -0.2) is 0 Å². The Morgan fingerprint density at radius 1 is 1.50 bits per heavy atom. The zero-order valence-electron chi connectivity index (χ0n) is 10.1. The summed E-state index contributed by atoms with van der Waals surface area (Å²) in [5, 5.41) is 7.96. The molecule has 88 valence electrons. The smallest absolute Gasteiger partial charge is 0.147 e. The van der Waals surface area contributed by atoms with Gasteiger partial charge in [0.05, 0.1) is 6.54 Å². The molecule has 0 saturated carbocycles. The average Bonchev–Trinajstić information content (AvgIpc) is 2.63. The first kappa shape index (κ1) is 11.3. The lowest BCUT2D eigenvalue weighted by Gasteiger charge is -2.33. The van der Waals surface area contributed by atoms with Gasteiger partial charge in [0.25, 0.3) is 0 Å². The highest BCUT2D eigenvalue weighted by atomic mass is 16.1. The molecule has 0 aromatic carbocycles. The van der Waals surface area contributed by atoms with Gasteiger partial charge < -0.3 is 4.57 Å².